The van der Waals surface area contributed by atoms with E-state index in [1.165, 1.54) is 12.8 Å². The molecule has 2 atom stereocenters. The predicted octanol–water partition coefficient (Wildman–Crippen LogP) is 1.36. The van der Waals surface area contributed by atoms with Crippen LogP contribution in [0.4, 0.5) is 5.69 Å². The first kappa shape index (κ1) is 11.7. The van der Waals surface area contributed by atoms with Gasteiger partial charge in [-0.1, -0.05) is 18.6 Å². The fourth-order valence-corrected chi connectivity index (χ4v) is 2.81. The predicted molar refractivity (Wildman–Crippen MR) is 69.4 cm³/mol. The van der Waals surface area contributed by atoms with E-state index < -0.39 is 6.10 Å². The second kappa shape index (κ2) is 4.71. The number of hydrogen-bond donors (Lipinski definition) is 3. The zero-order chi connectivity index (χ0) is 12.5. The summed E-state index contributed by atoms with van der Waals surface area (Å²) in [6.45, 7) is 0.979. The summed E-state index contributed by atoms with van der Waals surface area (Å²) in [6, 6.07) is 5.89. The van der Waals surface area contributed by atoms with Crippen molar-refractivity contribution >= 4 is 11.6 Å². The van der Waals surface area contributed by atoms with Gasteiger partial charge in [-0.25, -0.2) is 0 Å². The van der Waals surface area contributed by atoms with Crippen LogP contribution in [-0.4, -0.2) is 23.6 Å². The van der Waals surface area contributed by atoms with Gasteiger partial charge in [0.2, 0.25) is 5.91 Å². The number of carbonyl (C=O) groups excluding carboxylic acids is 1. The number of nitrogens with one attached hydrogen (secondary N) is 2. The molecule has 3 rings (SSSR count). The van der Waals surface area contributed by atoms with Crippen molar-refractivity contribution in [1.29, 1.82) is 0 Å². The number of amides is 1. The maximum Gasteiger partial charge on any atom is 0.228 e. The molecule has 0 saturated carbocycles. The van der Waals surface area contributed by atoms with Crippen LogP contribution in [0.25, 0.3) is 0 Å². The van der Waals surface area contributed by atoms with E-state index in [-0.39, 0.29) is 11.9 Å². The van der Waals surface area contributed by atoms with Crippen LogP contribution in [0.1, 0.15) is 36.5 Å². The fourth-order valence-electron chi connectivity index (χ4n) is 2.81. The van der Waals surface area contributed by atoms with Gasteiger partial charge in [-0.2, -0.15) is 0 Å². The van der Waals surface area contributed by atoms with Gasteiger partial charge in [0, 0.05) is 11.7 Å². The van der Waals surface area contributed by atoms with Crippen molar-refractivity contribution in [2.75, 3.05) is 11.9 Å². The van der Waals surface area contributed by atoms with Gasteiger partial charge < -0.3 is 15.7 Å². The number of aliphatic hydroxyl groups is 1. The molecule has 2 unspecified atom stereocenters. The first-order chi connectivity index (χ1) is 8.74. The normalized spacial score (nSPS) is 24.5. The van der Waals surface area contributed by atoms with Crippen molar-refractivity contribution in [1.82, 2.24) is 5.32 Å². The monoisotopic (exact) mass is 246 g/mol. The summed E-state index contributed by atoms with van der Waals surface area (Å²) in [7, 11) is 0. The molecular weight excluding hydrogens is 228 g/mol. The minimum absolute atomic E-state index is 0.0347. The Labute approximate surface area is 106 Å². The molecule has 0 bridgehead atoms. The van der Waals surface area contributed by atoms with Crippen molar-refractivity contribution in [2.45, 2.75) is 37.8 Å². The van der Waals surface area contributed by atoms with E-state index in [1.54, 1.807) is 0 Å². The van der Waals surface area contributed by atoms with Gasteiger partial charge in [0.25, 0.3) is 0 Å². The first-order valence-electron chi connectivity index (χ1n) is 6.58. The lowest BCUT2D eigenvalue weighted by Gasteiger charge is -2.28. The average Bonchev–Trinajstić information content (AvgIpc) is 2.78. The van der Waals surface area contributed by atoms with Crippen LogP contribution in [0.3, 0.4) is 0 Å². The fraction of sp³-hybridized carbons (Fsp3) is 0.500. The lowest BCUT2D eigenvalue weighted by atomic mass is 9.93. The van der Waals surface area contributed by atoms with Gasteiger partial charge in [-0.05, 0) is 36.6 Å². The summed E-state index contributed by atoms with van der Waals surface area (Å²) >= 11 is 0. The third-order valence-electron chi connectivity index (χ3n) is 3.83. The summed E-state index contributed by atoms with van der Waals surface area (Å²) < 4.78 is 0. The number of hydrogen-bond acceptors (Lipinski definition) is 3. The summed E-state index contributed by atoms with van der Waals surface area (Å²) in [5.41, 5.74) is 2.78. The molecule has 0 aromatic heterocycles. The van der Waals surface area contributed by atoms with Crippen LogP contribution >= 0.6 is 0 Å². The molecule has 0 spiro atoms. The highest BCUT2D eigenvalue weighted by molar-refractivity contribution is 5.99. The van der Waals surface area contributed by atoms with Gasteiger partial charge in [0.05, 0.1) is 12.5 Å². The summed E-state index contributed by atoms with van der Waals surface area (Å²) in [6.07, 6.45) is 3.31. The van der Waals surface area contributed by atoms with E-state index in [2.05, 4.69) is 10.6 Å². The van der Waals surface area contributed by atoms with Crippen molar-refractivity contribution in [3.8, 4) is 0 Å². The molecule has 1 fully saturated rings. The number of piperidine rings is 1. The van der Waals surface area contributed by atoms with Gasteiger partial charge >= 0.3 is 0 Å². The van der Waals surface area contributed by atoms with E-state index in [0.29, 0.717) is 6.42 Å². The zero-order valence-corrected chi connectivity index (χ0v) is 10.3. The smallest absolute Gasteiger partial charge is 0.228 e. The maximum atomic E-state index is 11.3. The van der Waals surface area contributed by atoms with Gasteiger partial charge in [-0.15, -0.1) is 0 Å². The Kier molecular flexibility index (Phi) is 3.06. The maximum absolute atomic E-state index is 11.3. The van der Waals surface area contributed by atoms with Crippen LogP contribution in [0.15, 0.2) is 18.2 Å². The topological polar surface area (TPSA) is 61.4 Å². The van der Waals surface area contributed by atoms with E-state index in [9.17, 15) is 9.90 Å². The van der Waals surface area contributed by atoms with E-state index in [4.69, 9.17) is 0 Å². The Balaban J connectivity index is 1.80. The molecule has 2 aliphatic heterocycles. The second-order valence-corrected chi connectivity index (χ2v) is 5.14. The van der Waals surface area contributed by atoms with Crippen LogP contribution in [0.5, 0.6) is 0 Å². The average molecular weight is 246 g/mol. The number of anilines is 1. The number of rotatable bonds is 2. The molecule has 1 aromatic rings. The quantitative estimate of drug-likeness (QED) is 0.738. The minimum atomic E-state index is -0.480. The van der Waals surface area contributed by atoms with Gasteiger partial charge in [0.15, 0.2) is 0 Å². The molecule has 2 aliphatic rings. The molecule has 18 heavy (non-hydrogen) atoms. The molecule has 1 aromatic carbocycles. The van der Waals surface area contributed by atoms with E-state index in [1.807, 2.05) is 18.2 Å². The molecule has 96 valence electrons. The van der Waals surface area contributed by atoms with Gasteiger partial charge in [-0.3, -0.25) is 4.79 Å². The van der Waals surface area contributed by atoms with Crippen molar-refractivity contribution in [2.24, 2.45) is 0 Å². The Morgan fingerprint density at radius 1 is 1.33 bits per heavy atom. The van der Waals surface area contributed by atoms with Crippen molar-refractivity contribution in [3.05, 3.63) is 29.3 Å². The van der Waals surface area contributed by atoms with Gasteiger partial charge in [0.1, 0.15) is 0 Å². The van der Waals surface area contributed by atoms with E-state index in [0.717, 1.165) is 29.8 Å². The third kappa shape index (κ3) is 2.13. The van der Waals surface area contributed by atoms with Crippen molar-refractivity contribution in [3.63, 3.8) is 0 Å². The van der Waals surface area contributed by atoms with Crippen molar-refractivity contribution < 1.29 is 9.90 Å². The van der Waals surface area contributed by atoms with Crippen LogP contribution in [0, 0.1) is 0 Å². The third-order valence-corrected chi connectivity index (χ3v) is 3.83. The summed E-state index contributed by atoms with van der Waals surface area (Å²) in [4.78, 5) is 11.3. The van der Waals surface area contributed by atoms with Crippen LogP contribution in [-0.2, 0) is 11.2 Å². The Hall–Kier alpha value is -1.39. The van der Waals surface area contributed by atoms with E-state index >= 15 is 0 Å². The minimum Gasteiger partial charge on any atom is -0.387 e. The summed E-state index contributed by atoms with van der Waals surface area (Å²) in [5.74, 6) is 0.0347. The Morgan fingerprint density at radius 3 is 3.00 bits per heavy atom. The molecule has 0 radical (unpaired) electrons. The second-order valence-electron chi connectivity index (χ2n) is 5.14. The molecule has 4 nitrogen and oxygen atoms in total. The highest BCUT2D eigenvalue weighted by atomic mass is 16.3. The zero-order valence-electron chi connectivity index (χ0n) is 10.3. The number of fused-ring (bicyclic) bond motifs is 1. The lowest BCUT2D eigenvalue weighted by Crippen LogP contribution is -2.38. The number of carbonyl (C=O) groups is 1. The molecule has 1 amide bonds. The molecule has 0 aliphatic carbocycles. The highest BCUT2D eigenvalue weighted by Gasteiger charge is 2.25. The Morgan fingerprint density at radius 2 is 2.22 bits per heavy atom. The standard InChI is InChI=1S/C14H18N2O2/c17-13-8-10-7-9(4-5-11(10)16-13)14(18)12-3-1-2-6-15-12/h4-5,7,12,14-15,18H,1-3,6,8H2,(H,16,17). The molecule has 3 N–H and O–H groups in total. The van der Waals surface area contributed by atoms with Crippen LogP contribution in [0.2, 0.25) is 0 Å². The molecule has 1 saturated heterocycles. The summed E-state index contributed by atoms with van der Waals surface area (Å²) in [5, 5.41) is 16.5. The lowest BCUT2D eigenvalue weighted by molar-refractivity contribution is -0.115. The first-order valence-corrected chi connectivity index (χ1v) is 6.58. The SMILES string of the molecule is O=C1Cc2cc(C(O)C3CCCCN3)ccc2N1. The van der Waals surface area contributed by atoms with Crippen LogP contribution < -0.4 is 10.6 Å². The molecular formula is C14H18N2O2. The number of aliphatic hydroxyl groups excluding tert-OH is 1. The number of benzene rings is 1. The molecule has 2 heterocycles. The Bertz CT molecular complexity index is 467. The highest BCUT2D eigenvalue weighted by Crippen LogP contribution is 2.29. The molecule has 4 heteroatoms. The largest absolute Gasteiger partial charge is 0.387 e.